The molecule has 20 heavy (non-hydrogen) atoms. The van der Waals surface area contributed by atoms with Gasteiger partial charge in [0.2, 0.25) is 0 Å². The molecule has 0 rings (SSSR count). The second kappa shape index (κ2) is 11.7. The molecule has 2 atom stereocenters. The molecule has 114 valence electrons. The number of allylic oxidation sites excluding steroid dienone is 3. The van der Waals surface area contributed by atoms with Crippen LogP contribution in [0.5, 0.6) is 0 Å². The lowest BCUT2D eigenvalue weighted by Crippen LogP contribution is -2.16. The average Bonchev–Trinajstić information content (AvgIpc) is 2.46. The maximum Gasteiger partial charge on any atom is 0.0601 e. The third kappa shape index (κ3) is 7.44. The number of rotatable bonds is 11. The van der Waals surface area contributed by atoms with Crippen molar-refractivity contribution in [3.8, 4) is 0 Å². The number of nitrogens with zero attached hydrogens (tertiary/aromatic N) is 1. The standard InChI is InChI=1S/C18H31NO/c1-7-11-17(20-6)14-15(5)13-16(9-3)18(10-4)19-12-8-2/h8-10,15,17H,2,4,7,11-14H2,1,3,5-6H3/b16-9+,19-18?. The Kier molecular flexibility index (Phi) is 11.0. The van der Waals surface area contributed by atoms with Crippen LogP contribution in [0.25, 0.3) is 0 Å². The molecule has 0 aliphatic rings. The molecule has 0 heterocycles. The lowest BCUT2D eigenvalue weighted by molar-refractivity contribution is 0.0749. The van der Waals surface area contributed by atoms with E-state index >= 15 is 0 Å². The normalized spacial score (nSPS) is 15.8. The Bertz CT molecular complexity index is 341. The van der Waals surface area contributed by atoms with Gasteiger partial charge in [0.15, 0.2) is 0 Å². The lowest BCUT2D eigenvalue weighted by atomic mass is 9.91. The van der Waals surface area contributed by atoms with Crippen molar-refractivity contribution < 1.29 is 4.74 Å². The van der Waals surface area contributed by atoms with Crippen LogP contribution in [-0.2, 0) is 4.74 Å². The summed E-state index contributed by atoms with van der Waals surface area (Å²) in [5.74, 6) is 0.576. The minimum absolute atomic E-state index is 0.366. The number of ether oxygens (including phenoxy) is 1. The molecular weight excluding hydrogens is 246 g/mol. The Labute approximate surface area is 125 Å². The molecule has 0 aliphatic carbocycles. The van der Waals surface area contributed by atoms with Crippen molar-refractivity contribution in [2.75, 3.05) is 13.7 Å². The Hall–Kier alpha value is -1.15. The zero-order chi connectivity index (χ0) is 15.4. The van der Waals surface area contributed by atoms with Crippen molar-refractivity contribution in [1.29, 1.82) is 0 Å². The first-order valence-electron chi connectivity index (χ1n) is 7.58. The van der Waals surface area contributed by atoms with Gasteiger partial charge in [-0.15, -0.1) is 6.58 Å². The molecule has 0 N–H and O–H groups in total. The van der Waals surface area contributed by atoms with Crippen molar-refractivity contribution in [3.05, 3.63) is 37.0 Å². The maximum atomic E-state index is 5.55. The van der Waals surface area contributed by atoms with Crippen molar-refractivity contribution in [3.63, 3.8) is 0 Å². The third-order valence-electron chi connectivity index (χ3n) is 3.44. The van der Waals surface area contributed by atoms with E-state index in [0.29, 0.717) is 18.6 Å². The summed E-state index contributed by atoms with van der Waals surface area (Å²) < 4.78 is 5.55. The first-order chi connectivity index (χ1) is 9.62. The van der Waals surface area contributed by atoms with Gasteiger partial charge in [-0.1, -0.05) is 39.0 Å². The van der Waals surface area contributed by atoms with E-state index in [9.17, 15) is 0 Å². The van der Waals surface area contributed by atoms with Gasteiger partial charge in [0, 0.05) is 7.11 Å². The van der Waals surface area contributed by atoms with Gasteiger partial charge in [-0.25, -0.2) is 0 Å². The van der Waals surface area contributed by atoms with Crippen LogP contribution in [0.4, 0.5) is 0 Å². The van der Waals surface area contributed by atoms with Crippen LogP contribution >= 0.6 is 0 Å². The summed E-state index contributed by atoms with van der Waals surface area (Å²) in [4.78, 5) is 4.50. The fraction of sp³-hybridized carbons (Fsp3) is 0.611. The van der Waals surface area contributed by atoms with Crippen LogP contribution in [0.1, 0.15) is 46.5 Å². The van der Waals surface area contributed by atoms with E-state index in [1.165, 1.54) is 12.0 Å². The molecule has 2 heteroatoms. The van der Waals surface area contributed by atoms with E-state index < -0.39 is 0 Å². The fourth-order valence-corrected chi connectivity index (χ4v) is 2.39. The zero-order valence-electron chi connectivity index (χ0n) is 13.7. The van der Waals surface area contributed by atoms with E-state index in [4.69, 9.17) is 4.74 Å². The highest BCUT2D eigenvalue weighted by molar-refractivity contribution is 6.08. The van der Waals surface area contributed by atoms with Gasteiger partial charge in [0.25, 0.3) is 0 Å². The number of hydrogen-bond donors (Lipinski definition) is 0. The largest absolute Gasteiger partial charge is 0.381 e. The molecule has 0 amide bonds. The van der Waals surface area contributed by atoms with Crippen molar-refractivity contribution in [2.45, 2.75) is 52.6 Å². The van der Waals surface area contributed by atoms with Crippen molar-refractivity contribution >= 4 is 5.71 Å². The van der Waals surface area contributed by atoms with Gasteiger partial charge in [0.1, 0.15) is 0 Å². The topological polar surface area (TPSA) is 21.6 Å². The summed E-state index contributed by atoms with van der Waals surface area (Å²) in [6.45, 7) is 14.8. The second-order valence-electron chi connectivity index (χ2n) is 5.22. The highest BCUT2D eigenvalue weighted by Gasteiger charge is 2.14. The molecule has 0 saturated heterocycles. The highest BCUT2D eigenvalue weighted by Crippen LogP contribution is 2.21. The van der Waals surface area contributed by atoms with E-state index in [1.807, 2.05) is 19.3 Å². The quantitative estimate of drug-likeness (QED) is 0.385. The van der Waals surface area contributed by atoms with Crippen molar-refractivity contribution in [2.24, 2.45) is 10.9 Å². The lowest BCUT2D eigenvalue weighted by Gasteiger charge is -2.20. The SMILES string of the molecule is C=CCN=C(C=C)/C(=C/C)CC(C)CC(CCC)OC. The van der Waals surface area contributed by atoms with Gasteiger partial charge in [-0.2, -0.15) is 0 Å². The molecule has 0 aromatic carbocycles. The van der Waals surface area contributed by atoms with Gasteiger partial charge in [-0.3, -0.25) is 4.99 Å². The monoisotopic (exact) mass is 277 g/mol. The van der Waals surface area contributed by atoms with Crippen LogP contribution in [-0.4, -0.2) is 25.5 Å². The fourth-order valence-electron chi connectivity index (χ4n) is 2.39. The molecular formula is C18H31NO. The minimum Gasteiger partial charge on any atom is -0.381 e. The molecule has 0 spiro atoms. The molecule has 0 fully saturated rings. The molecule has 0 aromatic rings. The maximum absolute atomic E-state index is 5.55. The minimum atomic E-state index is 0.366. The molecule has 2 nitrogen and oxygen atoms in total. The molecule has 0 radical (unpaired) electrons. The summed E-state index contributed by atoms with van der Waals surface area (Å²) in [5.41, 5.74) is 2.25. The molecule has 0 saturated carbocycles. The van der Waals surface area contributed by atoms with Crippen LogP contribution in [0.2, 0.25) is 0 Å². The summed E-state index contributed by atoms with van der Waals surface area (Å²) in [5, 5.41) is 0. The van der Waals surface area contributed by atoms with Crippen molar-refractivity contribution in [1.82, 2.24) is 0 Å². The van der Waals surface area contributed by atoms with Gasteiger partial charge in [-0.05, 0) is 43.8 Å². The van der Waals surface area contributed by atoms with Gasteiger partial charge < -0.3 is 4.74 Å². The van der Waals surface area contributed by atoms with E-state index in [-0.39, 0.29) is 0 Å². The number of hydrogen-bond acceptors (Lipinski definition) is 2. The highest BCUT2D eigenvalue weighted by atomic mass is 16.5. The number of methoxy groups -OCH3 is 1. The Morgan fingerprint density at radius 1 is 1.35 bits per heavy atom. The molecule has 0 aromatic heterocycles. The molecule has 0 bridgehead atoms. The summed E-state index contributed by atoms with van der Waals surface area (Å²) >= 11 is 0. The molecule has 0 aliphatic heterocycles. The predicted octanol–water partition coefficient (Wildman–Crippen LogP) is 4.98. The van der Waals surface area contributed by atoms with Crippen LogP contribution in [0, 0.1) is 5.92 Å². The number of aliphatic imine (C=N–C) groups is 1. The summed E-state index contributed by atoms with van der Waals surface area (Å²) in [6, 6.07) is 0. The van der Waals surface area contributed by atoms with Gasteiger partial charge >= 0.3 is 0 Å². The Morgan fingerprint density at radius 3 is 2.50 bits per heavy atom. The zero-order valence-corrected chi connectivity index (χ0v) is 13.7. The van der Waals surface area contributed by atoms with Crippen LogP contribution < -0.4 is 0 Å². The smallest absolute Gasteiger partial charge is 0.0601 e. The van der Waals surface area contributed by atoms with E-state index in [0.717, 1.165) is 25.0 Å². The summed E-state index contributed by atoms with van der Waals surface area (Å²) in [6.07, 6.45) is 10.6. The Morgan fingerprint density at radius 2 is 2.05 bits per heavy atom. The van der Waals surface area contributed by atoms with E-state index in [1.54, 1.807) is 0 Å². The summed E-state index contributed by atoms with van der Waals surface area (Å²) in [7, 11) is 1.81. The van der Waals surface area contributed by atoms with Crippen LogP contribution in [0.3, 0.4) is 0 Å². The second-order valence-corrected chi connectivity index (χ2v) is 5.22. The first-order valence-corrected chi connectivity index (χ1v) is 7.58. The van der Waals surface area contributed by atoms with Gasteiger partial charge in [0.05, 0.1) is 18.4 Å². The van der Waals surface area contributed by atoms with Crippen LogP contribution in [0.15, 0.2) is 42.0 Å². The first kappa shape index (κ1) is 18.9. The third-order valence-corrected chi connectivity index (χ3v) is 3.44. The molecule has 2 unspecified atom stereocenters. The van der Waals surface area contributed by atoms with E-state index in [2.05, 4.69) is 45.0 Å². The Balaban J connectivity index is 4.62. The average molecular weight is 277 g/mol. The predicted molar refractivity (Wildman–Crippen MR) is 90.6 cm³/mol.